The molecule has 0 radical (unpaired) electrons. The van der Waals surface area contributed by atoms with Crippen LogP contribution in [0.4, 0.5) is 4.39 Å². The molecule has 0 fully saturated rings. The van der Waals surface area contributed by atoms with Gasteiger partial charge in [-0.05, 0) is 41.1 Å². The van der Waals surface area contributed by atoms with Gasteiger partial charge in [0.05, 0.1) is 5.52 Å². The molecule has 1 atom stereocenters. The second kappa shape index (κ2) is 8.25. The second-order valence-electron chi connectivity index (χ2n) is 6.80. The number of fused-ring (bicyclic) bond motifs is 1. The third kappa shape index (κ3) is 4.56. The number of nitrogens with one attached hydrogen (secondary N) is 1. The lowest BCUT2D eigenvalue weighted by Gasteiger charge is -2.25. The average molecular weight is 354 g/mol. The first-order valence-corrected chi connectivity index (χ1v) is 8.74. The summed E-state index contributed by atoms with van der Waals surface area (Å²) in [6, 6.07) is 16.2. The lowest BCUT2D eigenvalue weighted by molar-refractivity contribution is 0.163. The molecule has 1 aromatic heterocycles. The Balaban J connectivity index is 1.87. The van der Waals surface area contributed by atoms with Crippen LogP contribution >= 0.6 is 0 Å². The van der Waals surface area contributed by atoms with Gasteiger partial charge in [-0.3, -0.25) is 9.69 Å². The highest BCUT2D eigenvalue weighted by molar-refractivity contribution is 5.78. The molecular weight excluding hydrogens is 331 g/mol. The lowest BCUT2D eigenvalue weighted by atomic mass is 10.1. The fourth-order valence-electron chi connectivity index (χ4n) is 3.10. The molecule has 0 aliphatic rings. The smallest absolute Gasteiger partial charge is 0.252 e. The maximum absolute atomic E-state index is 13.3. The number of nitrogens with zero attached hydrogens (tertiary/aromatic N) is 1. The quantitative estimate of drug-likeness (QED) is 0.684. The van der Waals surface area contributed by atoms with Crippen LogP contribution in [-0.4, -0.2) is 28.1 Å². The van der Waals surface area contributed by atoms with Crippen molar-refractivity contribution >= 4 is 10.9 Å². The van der Waals surface area contributed by atoms with Gasteiger partial charge in [-0.2, -0.15) is 0 Å². The molecule has 0 spiro atoms. The molecule has 0 amide bonds. The Hall–Kier alpha value is -2.50. The molecule has 0 unspecified atom stereocenters. The van der Waals surface area contributed by atoms with Crippen LogP contribution in [0.3, 0.4) is 0 Å². The molecule has 0 aliphatic carbocycles. The number of aliphatic hydroxyl groups is 1. The molecule has 5 heteroatoms. The number of rotatable bonds is 7. The fraction of sp³-hybridized carbons (Fsp3) is 0.286. The van der Waals surface area contributed by atoms with E-state index in [0.717, 1.165) is 10.9 Å². The number of hydrogen-bond donors (Lipinski definition) is 2. The minimum Gasteiger partial charge on any atom is -0.396 e. The maximum Gasteiger partial charge on any atom is 0.252 e. The number of halogens is 1. The van der Waals surface area contributed by atoms with Gasteiger partial charge in [-0.25, -0.2) is 4.39 Å². The number of aliphatic hydroxyl groups excluding tert-OH is 1. The molecule has 0 saturated heterocycles. The summed E-state index contributed by atoms with van der Waals surface area (Å²) >= 11 is 0. The van der Waals surface area contributed by atoms with Crippen molar-refractivity contribution in [3.63, 3.8) is 0 Å². The number of hydrogen-bond acceptors (Lipinski definition) is 3. The maximum atomic E-state index is 13.3. The van der Waals surface area contributed by atoms with Crippen LogP contribution in [0.15, 0.2) is 59.4 Å². The highest BCUT2D eigenvalue weighted by Crippen LogP contribution is 2.15. The molecule has 4 nitrogen and oxygen atoms in total. The molecule has 3 rings (SSSR count). The summed E-state index contributed by atoms with van der Waals surface area (Å²) in [6.07, 6.45) is 0. The van der Waals surface area contributed by atoms with Crippen molar-refractivity contribution in [3.8, 4) is 0 Å². The van der Waals surface area contributed by atoms with E-state index >= 15 is 0 Å². The molecule has 0 bridgehead atoms. The average Bonchev–Trinajstić information content (AvgIpc) is 2.63. The Morgan fingerprint density at radius 3 is 2.62 bits per heavy atom. The van der Waals surface area contributed by atoms with Crippen molar-refractivity contribution in [2.75, 3.05) is 13.2 Å². The van der Waals surface area contributed by atoms with Gasteiger partial charge in [0, 0.05) is 31.8 Å². The Bertz CT molecular complexity index is 924. The predicted molar refractivity (Wildman–Crippen MR) is 101 cm³/mol. The third-order valence-electron chi connectivity index (χ3n) is 4.41. The highest BCUT2D eigenvalue weighted by Gasteiger charge is 2.14. The molecule has 26 heavy (non-hydrogen) atoms. The van der Waals surface area contributed by atoms with E-state index in [0.29, 0.717) is 30.7 Å². The van der Waals surface area contributed by atoms with Crippen molar-refractivity contribution < 1.29 is 9.50 Å². The third-order valence-corrected chi connectivity index (χ3v) is 4.41. The first-order valence-electron chi connectivity index (χ1n) is 8.74. The van der Waals surface area contributed by atoms with Gasteiger partial charge in [0.1, 0.15) is 5.82 Å². The van der Waals surface area contributed by atoms with Gasteiger partial charge in [0.15, 0.2) is 0 Å². The molecule has 0 aliphatic heterocycles. The van der Waals surface area contributed by atoms with Crippen molar-refractivity contribution in [3.05, 3.63) is 81.9 Å². The van der Waals surface area contributed by atoms with Crippen LogP contribution in [0.5, 0.6) is 0 Å². The summed E-state index contributed by atoms with van der Waals surface area (Å²) in [5.74, 6) is -0.268. The van der Waals surface area contributed by atoms with E-state index < -0.39 is 0 Å². The molecule has 0 saturated carbocycles. The number of pyridine rings is 1. The van der Waals surface area contributed by atoms with E-state index in [1.807, 2.05) is 43.3 Å². The Morgan fingerprint density at radius 1 is 1.12 bits per heavy atom. The van der Waals surface area contributed by atoms with Crippen LogP contribution in [0, 0.1) is 11.7 Å². The summed E-state index contributed by atoms with van der Waals surface area (Å²) in [7, 11) is 0. The van der Waals surface area contributed by atoms with E-state index in [4.69, 9.17) is 0 Å². The normalized spacial score (nSPS) is 12.6. The van der Waals surface area contributed by atoms with Gasteiger partial charge in [-0.1, -0.05) is 37.3 Å². The fourth-order valence-corrected chi connectivity index (χ4v) is 3.10. The SMILES string of the molecule is C[C@H](CO)CN(Cc1ccccc1)Cc1cc2ccc(F)cc2[nH]c1=O. The van der Waals surface area contributed by atoms with E-state index in [1.165, 1.54) is 12.1 Å². The van der Waals surface area contributed by atoms with Crippen LogP contribution in [0.1, 0.15) is 18.1 Å². The molecule has 136 valence electrons. The van der Waals surface area contributed by atoms with Gasteiger partial charge in [0.2, 0.25) is 0 Å². The number of benzene rings is 2. The summed E-state index contributed by atoms with van der Waals surface area (Å²) in [5.41, 5.74) is 2.07. The van der Waals surface area contributed by atoms with Crippen molar-refractivity contribution in [1.29, 1.82) is 0 Å². The highest BCUT2D eigenvalue weighted by atomic mass is 19.1. The summed E-state index contributed by atoms with van der Waals surface area (Å²) in [5, 5.41) is 10.2. The van der Waals surface area contributed by atoms with E-state index in [9.17, 15) is 14.3 Å². The summed E-state index contributed by atoms with van der Waals surface area (Å²) in [6.45, 7) is 3.89. The summed E-state index contributed by atoms with van der Waals surface area (Å²) in [4.78, 5) is 17.3. The second-order valence-corrected chi connectivity index (χ2v) is 6.80. The number of aromatic amines is 1. The van der Waals surface area contributed by atoms with Gasteiger partial charge in [-0.15, -0.1) is 0 Å². The minimum absolute atomic E-state index is 0.0959. The van der Waals surface area contributed by atoms with Crippen LogP contribution in [0.25, 0.3) is 10.9 Å². The number of H-pyrrole nitrogens is 1. The van der Waals surface area contributed by atoms with E-state index in [2.05, 4.69) is 9.88 Å². The van der Waals surface area contributed by atoms with Gasteiger partial charge in [0.25, 0.3) is 5.56 Å². The Kier molecular flexibility index (Phi) is 5.81. The van der Waals surface area contributed by atoms with E-state index in [1.54, 1.807) is 6.07 Å². The molecule has 3 aromatic rings. The van der Waals surface area contributed by atoms with Crippen LogP contribution in [0.2, 0.25) is 0 Å². The van der Waals surface area contributed by atoms with Gasteiger partial charge >= 0.3 is 0 Å². The van der Waals surface area contributed by atoms with Crippen LogP contribution in [-0.2, 0) is 13.1 Å². The molecule has 2 N–H and O–H groups in total. The first-order chi connectivity index (χ1) is 12.5. The van der Waals surface area contributed by atoms with Crippen molar-refractivity contribution in [1.82, 2.24) is 9.88 Å². The predicted octanol–water partition coefficient (Wildman–Crippen LogP) is 3.30. The largest absolute Gasteiger partial charge is 0.396 e. The zero-order valence-electron chi connectivity index (χ0n) is 14.8. The van der Waals surface area contributed by atoms with Crippen molar-refractivity contribution in [2.24, 2.45) is 5.92 Å². The molecule has 2 aromatic carbocycles. The molecular formula is C21H23FN2O2. The topological polar surface area (TPSA) is 56.3 Å². The Labute approximate surface area is 151 Å². The van der Waals surface area contributed by atoms with E-state index in [-0.39, 0.29) is 23.9 Å². The number of aromatic nitrogens is 1. The zero-order valence-corrected chi connectivity index (χ0v) is 14.8. The monoisotopic (exact) mass is 354 g/mol. The summed E-state index contributed by atoms with van der Waals surface area (Å²) < 4.78 is 13.3. The van der Waals surface area contributed by atoms with Gasteiger partial charge < -0.3 is 10.1 Å². The van der Waals surface area contributed by atoms with Crippen molar-refractivity contribution in [2.45, 2.75) is 20.0 Å². The van der Waals surface area contributed by atoms with Crippen LogP contribution < -0.4 is 5.56 Å². The minimum atomic E-state index is -0.372. The zero-order chi connectivity index (χ0) is 18.5. The molecule has 1 heterocycles. The standard InChI is InChI=1S/C21H23FN2O2/c1-15(14-25)11-24(12-16-5-3-2-4-6-16)13-18-9-17-7-8-19(22)10-20(17)23-21(18)26/h2-10,15,25H,11-14H2,1H3,(H,23,26)/t15-/m0/s1. The Morgan fingerprint density at radius 2 is 1.88 bits per heavy atom. The first kappa shape index (κ1) is 18.3. The lowest BCUT2D eigenvalue weighted by Crippen LogP contribution is -2.31.